The maximum atomic E-state index is 5.63. The summed E-state index contributed by atoms with van der Waals surface area (Å²) in [6.45, 7) is 1.80. The van der Waals surface area contributed by atoms with Crippen molar-refractivity contribution in [2.24, 2.45) is 5.73 Å². The lowest BCUT2D eigenvalue weighted by Gasteiger charge is -1.93. The van der Waals surface area contributed by atoms with Crippen molar-refractivity contribution in [1.82, 2.24) is 10.2 Å². The fourth-order valence-electron chi connectivity index (χ4n) is 0.970. The maximum absolute atomic E-state index is 5.63. The average Bonchev–Trinajstić information content (AvgIpc) is 2.74. The summed E-state index contributed by atoms with van der Waals surface area (Å²) in [5.74, 6) is 0.948. The average molecular weight is 353 g/mol. The van der Waals surface area contributed by atoms with Gasteiger partial charge in [0.2, 0.25) is 5.89 Å². The number of nitrogens with zero attached hydrogens (tertiary/aromatic N) is 2. The zero-order valence-electron chi connectivity index (χ0n) is 7.70. The Morgan fingerprint density at radius 2 is 2.20 bits per heavy atom. The number of halogens is 2. The number of aromatic nitrogens is 2. The second kappa shape index (κ2) is 4.32. The van der Waals surface area contributed by atoms with Crippen molar-refractivity contribution < 1.29 is 4.42 Å². The third-order valence-corrected chi connectivity index (χ3v) is 4.93. The van der Waals surface area contributed by atoms with Gasteiger partial charge in [-0.1, -0.05) is 0 Å². The Bertz CT molecular complexity index is 460. The third-order valence-electron chi connectivity index (χ3n) is 1.69. The lowest BCUT2D eigenvalue weighted by atomic mass is 10.4. The first-order valence-corrected chi connectivity index (χ1v) is 6.52. The monoisotopic (exact) mass is 351 g/mol. The van der Waals surface area contributed by atoms with Crippen LogP contribution in [-0.4, -0.2) is 10.2 Å². The van der Waals surface area contributed by atoms with E-state index in [9.17, 15) is 0 Å². The molecule has 1 unspecified atom stereocenters. The van der Waals surface area contributed by atoms with Gasteiger partial charge < -0.3 is 10.2 Å². The smallest absolute Gasteiger partial charge is 0.257 e. The van der Waals surface area contributed by atoms with E-state index < -0.39 is 0 Å². The predicted octanol–water partition coefficient (Wildman–Crippen LogP) is 3.34. The molecule has 0 spiro atoms. The minimum Gasteiger partial charge on any atom is -0.418 e. The molecule has 2 heterocycles. The van der Waals surface area contributed by atoms with Gasteiger partial charge in [-0.15, -0.1) is 21.5 Å². The summed E-state index contributed by atoms with van der Waals surface area (Å²) >= 11 is 8.33. The van der Waals surface area contributed by atoms with Gasteiger partial charge in [-0.05, 0) is 44.8 Å². The van der Waals surface area contributed by atoms with Crippen molar-refractivity contribution in [3.63, 3.8) is 0 Å². The highest BCUT2D eigenvalue weighted by Crippen LogP contribution is 2.37. The van der Waals surface area contributed by atoms with E-state index in [2.05, 4.69) is 42.1 Å². The van der Waals surface area contributed by atoms with E-state index in [4.69, 9.17) is 10.2 Å². The molecule has 0 aromatic carbocycles. The van der Waals surface area contributed by atoms with Crippen molar-refractivity contribution in [3.05, 3.63) is 20.2 Å². The molecule has 1 atom stereocenters. The van der Waals surface area contributed by atoms with E-state index in [1.165, 1.54) is 11.3 Å². The molecule has 0 radical (unpaired) electrons. The van der Waals surface area contributed by atoms with Crippen LogP contribution in [0.15, 0.2) is 18.7 Å². The van der Waals surface area contributed by atoms with E-state index >= 15 is 0 Å². The molecule has 0 amide bonds. The van der Waals surface area contributed by atoms with Crippen molar-refractivity contribution in [2.75, 3.05) is 0 Å². The highest BCUT2D eigenvalue weighted by atomic mass is 79.9. The van der Waals surface area contributed by atoms with Gasteiger partial charge in [0.05, 0.1) is 14.7 Å². The maximum Gasteiger partial charge on any atom is 0.257 e. The van der Waals surface area contributed by atoms with Crippen LogP contribution in [0.25, 0.3) is 10.8 Å². The Morgan fingerprint density at radius 3 is 2.67 bits per heavy atom. The van der Waals surface area contributed by atoms with Gasteiger partial charge in [-0.3, -0.25) is 0 Å². The summed E-state index contributed by atoms with van der Waals surface area (Å²) in [5, 5.41) is 7.80. The van der Waals surface area contributed by atoms with Crippen LogP contribution in [0.2, 0.25) is 0 Å². The molecule has 0 aliphatic rings. The van der Waals surface area contributed by atoms with Crippen LogP contribution in [-0.2, 0) is 0 Å². The van der Waals surface area contributed by atoms with Gasteiger partial charge in [-0.25, -0.2) is 0 Å². The summed E-state index contributed by atoms with van der Waals surface area (Å²) in [5.41, 5.74) is 5.63. The quantitative estimate of drug-likeness (QED) is 0.900. The fourth-order valence-corrected chi connectivity index (χ4v) is 2.93. The Kier molecular flexibility index (Phi) is 3.24. The first kappa shape index (κ1) is 11.3. The van der Waals surface area contributed by atoms with Gasteiger partial charge in [0.25, 0.3) is 5.89 Å². The molecule has 2 aromatic heterocycles. The largest absolute Gasteiger partial charge is 0.418 e. The van der Waals surface area contributed by atoms with Crippen molar-refractivity contribution >= 4 is 43.2 Å². The van der Waals surface area contributed by atoms with Crippen LogP contribution in [0.1, 0.15) is 18.9 Å². The lowest BCUT2D eigenvalue weighted by Crippen LogP contribution is -2.04. The highest BCUT2D eigenvalue weighted by molar-refractivity contribution is 9.13. The van der Waals surface area contributed by atoms with E-state index in [0.717, 1.165) is 13.1 Å². The predicted molar refractivity (Wildman–Crippen MR) is 65.6 cm³/mol. The first-order chi connectivity index (χ1) is 7.08. The zero-order valence-corrected chi connectivity index (χ0v) is 11.7. The van der Waals surface area contributed by atoms with E-state index in [0.29, 0.717) is 11.8 Å². The van der Waals surface area contributed by atoms with Crippen molar-refractivity contribution in [2.45, 2.75) is 13.0 Å². The van der Waals surface area contributed by atoms with E-state index in [1.807, 2.05) is 6.07 Å². The fraction of sp³-hybridized carbons (Fsp3) is 0.250. The van der Waals surface area contributed by atoms with Crippen LogP contribution in [0, 0.1) is 0 Å². The van der Waals surface area contributed by atoms with Crippen LogP contribution < -0.4 is 5.73 Å². The Hall–Kier alpha value is -0.240. The Morgan fingerprint density at radius 1 is 1.47 bits per heavy atom. The SMILES string of the molecule is CC(N)c1nnc(-c2cc(Br)c(Br)s2)o1. The summed E-state index contributed by atoms with van der Waals surface area (Å²) in [4.78, 5) is 0.910. The molecule has 2 N–H and O–H groups in total. The van der Waals surface area contributed by atoms with E-state index in [1.54, 1.807) is 6.92 Å². The normalized spacial score (nSPS) is 13.1. The lowest BCUT2D eigenvalue weighted by molar-refractivity contribution is 0.474. The number of hydrogen-bond donors (Lipinski definition) is 1. The van der Waals surface area contributed by atoms with Gasteiger partial charge >= 0.3 is 0 Å². The van der Waals surface area contributed by atoms with Crippen molar-refractivity contribution in [1.29, 1.82) is 0 Å². The molecule has 0 bridgehead atoms. The van der Waals surface area contributed by atoms with Crippen molar-refractivity contribution in [3.8, 4) is 10.8 Å². The first-order valence-electron chi connectivity index (χ1n) is 4.12. The molecule has 0 saturated heterocycles. The molecular weight excluding hydrogens is 346 g/mol. The second-order valence-electron chi connectivity index (χ2n) is 2.97. The second-order valence-corrected chi connectivity index (χ2v) is 6.19. The number of thiophene rings is 1. The highest BCUT2D eigenvalue weighted by Gasteiger charge is 2.14. The molecule has 2 aromatic rings. The molecule has 80 valence electrons. The molecule has 7 heteroatoms. The minimum atomic E-state index is -0.238. The molecular formula is C8H7Br2N3OS. The minimum absolute atomic E-state index is 0.238. The summed E-state index contributed by atoms with van der Waals surface area (Å²) < 4.78 is 7.39. The molecule has 0 fully saturated rings. The third kappa shape index (κ3) is 2.30. The Labute approximate surface area is 107 Å². The molecule has 2 rings (SSSR count). The van der Waals surface area contributed by atoms with Gasteiger partial charge in [0.15, 0.2) is 0 Å². The molecule has 0 aliphatic carbocycles. The van der Waals surface area contributed by atoms with Crippen LogP contribution >= 0.6 is 43.2 Å². The van der Waals surface area contributed by atoms with Gasteiger partial charge in [0.1, 0.15) is 0 Å². The van der Waals surface area contributed by atoms with Crippen LogP contribution in [0.4, 0.5) is 0 Å². The van der Waals surface area contributed by atoms with Gasteiger partial charge in [-0.2, -0.15) is 0 Å². The van der Waals surface area contributed by atoms with Crippen LogP contribution in [0.3, 0.4) is 0 Å². The summed E-state index contributed by atoms with van der Waals surface area (Å²) in [6, 6.07) is 1.69. The number of rotatable bonds is 2. The number of nitrogens with two attached hydrogens (primary N) is 1. The zero-order chi connectivity index (χ0) is 11.0. The number of hydrogen-bond acceptors (Lipinski definition) is 5. The molecule has 0 aliphatic heterocycles. The molecule has 4 nitrogen and oxygen atoms in total. The molecule has 15 heavy (non-hydrogen) atoms. The summed E-state index contributed by atoms with van der Waals surface area (Å²) in [6.07, 6.45) is 0. The van der Waals surface area contributed by atoms with Crippen LogP contribution in [0.5, 0.6) is 0 Å². The van der Waals surface area contributed by atoms with Gasteiger partial charge in [0, 0.05) is 4.47 Å². The molecule has 0 saturated carbocycles. The standard InChI is InChI=1S/C8H7Br2N3OS/c1-3(11)7-12-13-8(14-7)5-2-4(9)6(10)15-5/h2-3H,11H2,1H3. The van der Waals surface area contributed by atoms with E-state index in [-0.39, 0.29) is 6.04 Å². The topological polar surface area (TPSA) is 64.9 Å². The summed E-state index contributed by atoms with van der Waals surface area (Å²) in [7, 11) is 0. The Balaban J connectivity index is 2.37.